The van der Waals surface area contributed by atoms with Gasteiger partial charge >= 0.3 is 6.09 Å². The number of benzene rings is 1. The molecule has 2 saturated heterocycles. The number of rotatable bonds is 3. The highest BCUT2D eigenvalue weighted by molar-refractivity contribution is 5.96. The number of aryl methyl sites for hydroxylation is 1. The highest BCUT2D eigenvalue weighted by Gasteiger charge is 2.50. The highest BCUT2D eigenvalue weighted by atomic mass is 16.6. The second kappa shape index (κ2) is 7.77. The second-order valence-electron chi connectivity index (χ2n) is 9.94. The molecule has 8 heteroatoms. The van der Waals surface area contributed by atoms with Crippen LogP contribution in [0, 0.1) is 13.5 Å². The molecule has 0 spiro atoms. The van der Waals surface area contributed by atoms with E-state index in [1.807, 2.05) is 63.2 Å². The fourth-order valence-electron chi connectivity index (χ4n) is 5.07. The van der Waals surface area contributed by atoms with Crippen LogP contribution in [0.25, 0.3) is 27.0 Å². The predicted octanol–water partition coefficient (Wildman–Crippen LogP) is 5.44. The van der Waals surface area contributed by atoms with Crippen LogP contribution in [0.5, 0.6) is 0 Å². The molecule has 5 rings (SSSR count). The molecule has 2 aliphatic rings. The Morgan fingerprint density at radius 1 is 1.33 bits per heavy atom. The molecule has 0 saturated carbocycles. The molecule has 0 radical (unpaired) electrons. The minimum absolute atomic E-state index is 0.0818. The number of aromatic nitrogens is 3. The number of ether oxygens (including phenoxy) is 1. The summed E-state index contributed by atoms with van der Waals surface area (Å²) in [5, 5.41) is 4.51. The van der Waals surface area contributed by atoms with Crippen molar-refractivity contribution in [2.75, 3.05) is 5.32 Å². The van der Waals surface area contributed by atoms with E-state index in [1.54, 1.807) is 0 Å². The van der Waals surface area contributed by atoms with Gasteiger partial charge in [-0.25, -0.2) is 19.6 Å². The van der Waals surface area contributed by atoms with E-state index in [9.17, 15) is 4.79 Å². The first-order valence-electron chi connectivity index (χ1n) is 11.3. The standard InChI is InChI=1S/C25H28N6O2/c1-14-12-28-23(30-22(14)18-13-27-19-10-15(26-5)6-8-17(18)19)29-20-11-16-7-9-21(20)31(16)24(32)33-25(2,3)4/h6,8,10,12-13,16,20-21,27H,7,9,11H2,1-4H3,(H,28,29,30)/t16-,20+,21?/m0/s1. The molecule has 3 aromatic rings. The maximum atomic E-state index is 12.8. The fourth-order valence-corrected chi connectivity index (χ4v) is 5.07. The molecular formula is C25H28N6O2. The first-order valence-corrected chi connectivity index (χ1v) is 11.3. The Morgan fingerprint density at radius 3 is 2.91 bits per heavy atom. The van der Waals surface area contributed by atoms with Crippen molar-refractivity contribution in [1.82, 2.24) is 19.9 Å². The summed E-state index contributed by atoms with van der Waals surface area (Å²) in [7, 11) is 0. The number of amides is 1. The average molecular weight is 445 g/mol. The SMILES string of the molecule is [C-]#[N+]c1ccc2c(-c3nc(N[C@@H]4C[C@@H]5CCC4N5C(=O)OC(C)(C)C)ncc3C)c[nH]c2c1. The van der Waals surface area contributed by atoms with Gasteiger partial charge in [0.15, 0.2) is 5.69 Å². The van der Waals surface area contributed by atoms with Crippen LogP contribution in [0.3, 0.4) is 0 Å². The number of nitrogens with zero attached hydrogens (tertiary/aromatic N) is 4. The van der Waals surface area contributed by atoms with Crippen molar-refractivity contribution >= 4 is 28.6 Å². The summed E-state index contributed by atoms with van der Waals surface area (Å²) in [5.41, 5.74) is 3.80. The molecule has 170 valence electrons. The van der Waals surface area contributed by atoms with E-state index in [0.29, 0.717) is 11.6 Å². The number of aromatic amines is 1. The van der Waals surface area contributed by atoms with E-state index < -0.39 is 5.60 Å². The lowest BCUT2D eigenvalue weighted by Gasteiger charge is -2.28. The lowest BCUT2D eigenvalue weighted by Crippen LogP contribution is -2.42. The Hall–Kier alpha value is -3.60. The maximum Gasteiger partial charge on any atom is 0.410 e. The Bertz CT molecular complexity index is 1270. The molecule has 2 bridgehead atoms. The van der Waals surface area contributed by atoms with Gasteiger partial charge in [0.05, 0.1) is 24.3 Å². The largest absolute Gasteiger partial charge is 0.444 e. The molecule has 0 aliphatic carbocycles. The van der Waals surface area contributed by atoms with Crippen LogP contribution in [0.2, 0.25) is 0 Å². The Labute approximate surface area is 193 Å². The van der Waals surface area contributed by atoms with Crippen molar-refractivity contribution in [1.29, 1.82) is 0 Å². The van der Waals surface area contributed by atoms with Crippen molar-refractivity contribution in [3.05, 3.63) is 47.6 Å². The Morgan fingerprint density at radius 2 is 2.15 bits per heavy atom. The van der Waals surface area contributed by atoms with Gasteiger partial charge < -0.3 is 19.9 Å². The first-order chi connectivity index (χ1) is 15.7. The van der Waals surface area contributed by atoms with E-state index in [4.69, 9.17) is 16.3 Å². The Kier molecular flexibility index (Phi) is 5.00. The minimum Gasteiger partial charge on any atom is -0.444 e. The van der Waals surface area contributed by atoms with Crippen molar-refractivity contribution in [3.63, 3.8) is 0 Å². The van der Waals surface area contributed by atoms with Gasteiger partial charge in [-0.3, -0.25) is 0 Å². The smallest absolute Gasteiger partial charge is 0.410 e. The van der Waals surface area contributed by atoms with Crippen LogP contribution >= 0.6 is 0 Å². The molecule has 2 N–H and O–H groups in total. The summed E-state index contributed by atoms with van der Waals surface area (Å²) >= 11 is 0. The normalized spacial score (nSPS) is 21.9. The molecule has 2 fully saturated rings. The Balaban J connectivity index is 1.39. The molecular weight excluding hydrogens is 416 g/mol. The van der Waals surface area contributed by atoms with Gasteiger partial charge in [0.2, 0.25) is 5.95 Å². The molecule has 1 amide bonds. The minimum atomic E-state index is -0.508. The van der Waals surface area contributed by atoms with E-state index in [-0.39, 0.29) is 24.2 Å². The zero-order chi connectivity index (χ0) is 23.3. The summed E-state index contributed by atoms with van der Waals surface area (Å²) < 4.78 is 5.65. The zero-order valence-electron chi connectivity index (χ0n) is 19.3. The first kappa shape index (κ1) is 21.3. The third-order valence-electron chi connectivity index (χ3n) is 6.48. The van der Waals surface area contributed by atoms with Crippen LogP contribution in [-0.2, 0) is 4.74 Å². The van der Waals surface area contributed by atoms with Crippen molar-refractivity contribution in [2.45, 2.75) is 70.7 Å². The van der Waals surface area contributed by atoms with Gasteiger partial charge in [-0.05, 0) is 58.6 Å². The number of H-pyrrole nitrogens is 1. The molecule has 2 aliphatic heterocycles. The third-order valence-corrected chi connectivity index (χ3v) is 6.48. The number of anilines is 1. The predicted molar refractivity (Wildman–Crippen MR) is 127 cm³/mol. The van der Waals surface area contributed by atoms with Gasteiger partial charge in [0.25, 0.3) is 0 Å². The summed E-state index contributed by atoms with van der Waals surface area (Å²) in [6.07, 6.45) is 6.34. The van der Waals surface area contributed by atoms with Gasteiger partial charge in [0.1, 0.15) is 5.60 Å². The van der Waals surface area contributed by atoms with Crippen LogP contribution in [0.1, 0.15) is 45.6 Å². The monoisotopic (exact) mass is 444 g/mol. The molecule has 3 atom stereocenters. The average Bonchev–Trinajstić information content (AvgIpc) is 3.46. The number of hydrogen-bond acceptors (Lipinski definition) is 5. The third kappa shape index (κ3) is 3.88. The van der Waals surface area contributed by atoms with Gasteiger partial charge in [0, 0.05) is 34.9 Å². The maximum absolute atomic E-state index is 12.8. The number of nitrogens with one attached hydrogen (secondary N) is 2. The second-order valence-corrected chi connectivity index (χ2v) is 9.94. The van der Waals surface area contributed by atoms with Crippen LogP contribution in [-0.4, -0.2) is 49.7 Å². The van der Waals surface area contributed by atoms with Crippen LogP contribution < -0.4 is 5.32 Å². The number of carbonyl (C=O) groups excluding carboxylic acids is 1. The molecule has 33 heavy (non-hydrogen) atoms. The van der Waals surface area contributed by atoms with Crippen molar-refractivity contribution < 1.29 is 9.53 Å². The summed E-state index contributed by atoms with van der Waals surface area (Å²) in [5.74, 6) is 0.560. The van der Waals surface area contributed by atoms with Gasteiger partial charge in [-0.1, -0.05) is 12.1 Å². The highest BCUT2D eigenvalue weighted by Crippen LogP contribution is 2.40. The molecule has 1 aromatic carbocycles. The van der Waals surface area contributed by atoms with Crippen molar-refractivity contribution in [3.8, 4) is 11.3 Å². The number of fused-ring (bicyclic) bond motifs is 3. The molecule has 4 heterocycles. The zero-order valence-corrected chi connectivity index (χ0v) is 19.3. The van der Waals surface area contributed by atoms with E-state index in [2.05, 4.69) is 20.1 Å². The van der Waals surface area contributed by atoms with E-state index in [0.717, 1.165) is 47.0 Å². The van der Waals surface area contributed by atoms with E-state index >= 15 is 0 Å². The van der Waals surface area contributed by atoms with Crippen LogP contribution in [0.15, 0.2) is 30.6 Å². The van der Waals surface area contributed by atoms with Crippen molar-refractivity contribution in [2.24, 2.45) is 0 Å². The van der Waals surface area contributed by atoms with E-state index in [1.165, 1.54) is 0 Å². The molecule has 2 aromatic heterocycles. The topological polar surface area (TPSA) is 87.5 Å². The fraction of sp³-hybridized carbons (Fsp3) is 0.440. The quantitative estimate of drug-likeness (QED) is 0.526. The lowest BCUT2D eigenvalue weighted by molar-refractivity contribution is 0.0214. The van der Waals surface area contributed by atoms with Gasteiger partial charge in [-0.15, -0.1) is 0 Å². The summed E-state index contributed by atoms with van der Waals surface area (Å²) in [4.78, 5) is 30.8. The lowest BCUT2D eigenvalue weighted by atomic mass is 9.96. The summed E-state index contributed by atoms with van der Waals surface area (Å²) in [6.45, 7) is 14.9. The number of hydrogen-bond donors (Lipinski definition) is 2. The molecule has 8 nitrogen and oxygen atoms in total. The van der Waals surface area contributed by atoms with Gasteiger partial charge in [-0.2, -0.15) is 0 Å². The molecule has 1 unspecified atom stereocenters. The van der Waals surface area contributed by atoms with Crippen LogP contribution in [0.4, 0.5) is 16.4 Å². The number of carbonyl (C=O) groups is 1. The summed E-state index contributed by atoms with van der Waals surface area (Å²) in [6, 6.07) is 6.00.